The summed E-state index contributed by atoms with van der Waals surface area (Å²) in [7, 11) is 0. The second kappa shape index (κ2) is 7.89. The third-order valence-electron chi connectivity index (χ3n) is 4.68. The fourth-order valence-corrected chi connectivity index (χ4v) is 4.15. The van der Waals surface area contributed by atoms with Crippen LogP contribution in [0.1, 0.15) is 10.4 Å². The number of hydrogen-bond donors (Lipinski definition) is 0. The first-order chi connectivity index (χ1) is 14.7. The minimum Gasteiger partial charge on any atom is -0.293 e. The van der Waals surface area contributed by atoms with Crippen LogP contribution in [0.4, 0.5) is 0 Å². The fraction of sp³-hybridized carbons (Fsp3) is 0.0435. The van der Waals surface area contributed by atoms with E-state index in [0.29, 0.717) is 21.6 Å². The Hall–Kier alpha value is -3.22. The number of thioether (sulfide) groups is 1. The Morgan fingerprint density at radius 2 is 1.63 bits per heavy atom. The van der Waals surface area contributed by atoms with E-state index in [2.05, 4.69) is 5.10 Å². The van der Waals surface area contributed by atoms with Crippen LogP contribution in [0.3, 0.4) is 0 Å². The monoisotopic (exact) mass is 430 g/mol. The molecule has 0 spiro atoms. The molecule has 5 rings (SSSR count). The fourth-order valence-electron chi connectivity index (χ4n) is 3.18. The molecule has 7 heteroatoms. The van der Waals surface area contributed by atoms with E-state index in [-0.39, 0.29) is 11.5 Å². The molecule has 0 aliphatic rings. The van der Waals surface area contributed by atoms with Crippen LogP contribution in [-0.4, -0.2) is 31.1 Å². The van der Waals surface area contributed by atoms with Crippen molar-refractivity contribution in [3.63, 3.8) is 0 Å². The highest BCUT2D eigenvalue weighted by molar-refractivity contribution is 7.99. The van der Waals surface area contributed by atoms with Crippen molar-refractivity contribution in [2.75, 3.05) is 5.75 Å². The van der Waals surface area contributed by atoms with Crippen LogP contribution < -0.4 is 0 Å². The maximum absolute atomic E-state index is 12.6. The molecule has 0 aliphatic heterocycles. The minimum atomic E-state index is 0.00294. The number of nitrogens with zero attached hydrogens (tertiary/aromatic N) is 4. The van der Waals surface area contributed by atoms with E-state index in [4.69, 9.17) is 21.6 Å². The molecule has 2 heterocycles. The zero-order valence-electron chi connectivity index (χ0n) is 15.7. The van der Waals surface area contributed by atoms with E-state index in [1.165, 1.54) is 11.8 Å². The van der Waals surface area contributed by atoms with Gasteiger partial charge in [-0.25, -0.2) is 9.97 Å². The zero-order chi connectivity index (χ0) is 20.5. The largest absolute Gasteiger partial charge is 0.293 e. The Bertz CT molecular complexity index is 1370. The van der Waals surface area contributed by atoms with Crippen molar-refractivity contribution in [2.45, 2.75) is 5.16 Å². The second-order valence-corrected chi connectivity index (χ2v) is 8.05. The maximum atomic E-state index is 12.6. The Morgan fingerprint density at radius 3 is 2.43 bits per heavy atom. The average molecular weight is 431 g/mol. The first-order valence-corrected chi connectivity index (χ1v) is 10.7. The van der Waals surface area contributed by atoms with Crippen molar-refractivity contribution in [3.8, 4) is 11.4 Å². The van der Waals surface area contributed by atoms with Crippen LogP contribution >= 0.6 is 23.4 Å². The summed E-state index contributed by atoms with van der Waals surface area (Å²) in [6.07, 6.45) is 0. The van der Waals surface area contributed by atoms with Gasteiger partial charge in [-0.15, -0.1) is 5.10 Å². The van der Waals surface area contributed by atoms with Gasteiger partial charge in [0.25, 0.3) is 0 Å². The Labute approximate surface area is 181 Å². The highest BCUT2D eigenvalue weighted by Crippen LogP contribution is 2.27. The van der Waals surface area contributed by atoms with Gasteiger partial charge < -0.3 is 0 Å². The van der Waals surface area contributed by atoms with Gasteiger partial charge in [-0.1, -0.05) is 65.8 Å². The number of halogens is 1. The van der Waals surface area contributed by atoms with Gasteiger partial charge in [-0.2, -0.15) is 4.52 Å². The molecular weight excluding hydrogens is 416 g/mol. The first-order valence-electron chi connectivity index (χ1n) is 9.31. The molecule has 0 N–H and O–H groups in total. The molecule has 3 aromatic carbocycles. The molecule has 0 saturated heterocycles. The molecule has 0 bridgehead atoms. The van der Waals surface area contributed by atoms with Crippen LogP contribution in [0.15, 0.2) is 84.0 Å². The van der Waals surface area contributed by atoms with Crippen molar-refractivity contribution in [3.05, 3.63) is 89.4 Å². The van der Waals surface area contributed by atoms with Gasteiger partial charge in [0.2, 0.25) is 0 Å². The van der Waals surface area contributed by atoms with Gasteiger partial charge in [0, 0.05) is 21.5 Å². The molecule has 0 atom stereocenters. The van der Waals surface area contributed by atoms with Crippen molar-refractivity contribution < 1.29 is 4.79 Å². The average Bonchev–Trinajstić information content (AvgIpc) is 3.24. The molecule has 5 aromatic rings. The number of carbonyl (C=O) groups is 1. The van der Waals surface area contributed by atoms with Crippen molar-refractivity contribution in [1.29, 1.82) is 0 Å². The van der Waals surface area contributed by atoms with Crippen LogP contribution in [0.25, 0.3) is 27.9 Å². The van der Waals surface area contributed by atoms with E-state index >= 15 is 0 Å². The van der Waals surface area contributed by atoms with E-state index in [1.54, 1.807) is 28.8 Å². The SMILES string of the molecule is O=C(CSc1nc2ccccc2c2nc(-c3ccccc3)nn12)c1ccc(Cl)cc1. The lowest BCUT2D eigenvalue weighted by molar-refractivity contribution is 0.102. The molecule has 0 unspecified atom stereocenters. The molecule has 2 aromatic heterocycles. The van der Waals surface area contributed by atoms with Gasteiger partial charge in [0.05, 0.1) is 11.3 Å². The molecular formula is C23H15ClN4OS. The molecule has 0 aliphatic carbocycles. The van der Waals surface area contributed by atoms with E-state index < -0.39 is 0 Å². The third-order valence-corrected chi connectivity index (χ3v) is 5.86. The second-order valence-electron chi connectivity index (χ2n) is 6.67. The Morgan fingerprint density at radius 1 is 0.900 bits per heavy atom. The quantitative estimate of drug-likeness (QED) is 0.207. The lowest BCUT2D eigenvalue weighted by atomic mass is 10.1. The van der Waals surface area contributed by atoms with Gasteiger partial charge in [-0.3, -0.25) is 4.79 Å². The zero-order valence-corrected chi connectivity index (χ0v) is 17.3. The first kappa shape index (κ1) is 18.8. The summed E-state index contributed by atoms with van der Waals surface area (Å²) in [6, 6.07) is 24.5. The molecule has 5 nitrogen and oxygen atoms in total. The van der Waals surface area contributed by atoms with Crippen LogP contribution in [-0.2, 0) is 0 Å². The van der Waals surface area contributed by atoms with Gasteiger partial charge in [0.1, 0.15) is 0 Å². The third kappa shape index (κ3) is 3.56. The molecule has 146 valence electrons. The predicted octanol–water partition coefficient (Wildman–Crippen LogP) is 5.57. The van der Waals surface area contributed by atoms with Gasteiger partial charge >= 0.3 is 0 Å². The molecule has 0 amide bonds. The molecule has 0 fully saturated rings. The number of para-hydroxylation sites is 1. The predicted molar refractivity (Wildman–Crippen MR) is 120 cm³/mol. The summed E-state index contributed by atoms with van der Waals surface area (Å²) in [6.45, 7) is 0. The van der Waals surface area contributed by atoms with Crippen LogP contribution in [0.2, 0.25) is 5.02 Å². The smallest absolute Gasteiger partial charge is 0.192 e. The number of fused-ring (bicyclic) bond motifs is 3. The van der Waals surface area contributed by atoms with Crippen molar-refractivity contribution in [1.82, 2.24) is 19.6 Å². The van der Waals surface area contributed by atoms with Crippen molar-refractivity contribution >= 4 is 45.7 Å². The lowest BCUT2D eigenvalue weighted by Crippen LogP contribution is -2.05. The van der Waals surface area contributed by atoms with Crippen LogP contribution in [0.5, 0.6) is 0 Å². The summed E-state index contributed by atoms with van der Waals surface area (Å²) in [4.78, 5) is 22.1. The molecule has 0 radical (unpaired) electrons. The summed E-state index contributed by atoms with van der Waals surface area (Å²) in [5.41, 5.74) is 3.09. The highest BCUT2D eigenvalue weighted by atomic mass is 35.5. The highest BCUT2D eigenvalue weighted by Gasteiger charge is 2.16. The molecule has 0 saturated carbocycles. The Kier molecular flexibility index (Phi) is 4.94. The number of hydrogen-bond acceptors (Lipinski definition) is 5. The van der Waals surface area contributed by atoms with E-state index in [1.807, 2.05) is 54.6 Å². The topological polar surface area (TPSA) is 60.2 Å². The summed E-state index contributed by atoms with van der Waals surface area (Å²) < 4.78 is 1.73. The number of benzene rings is 3. The Balaban J connectivity index is 1.55. The maximum Gasteiger partial charge on any atom is 0.192 e. The van der Waals surface area contributed by atoms with Gasteiger partial charge in [-0.05, 0) is 36.4 Å². The number of aromatic nitrogens is 4. The number of Topliss-reactive ketones (excluding diaryl/α,β-unsaturated/α-hetero) is 1. The van der Waals surface area contributed by atoms with E-state index in [9.17, 15) is 4.79 Å². The summed E-state index contributed by atoms with van der Waals surface area (Å²) in [5.74, 6) is 0.866. The summed E-state index contributed by atoms with van der Waals surface area (Å²) >= 11 is 7.27. The number of carbonyl (C=O) groups excluding carboxylic acids is 1. The lowest BCUT2D eigenvalue weighted by Gasteiger charge is -2.06. The van der Waals surface area contributed by atoms with Gasteiger partial charge in [0.15, 0.2) is 22.4 Å². The normalized spacial score (nSPS) is 11.2. The standard InChI is InChI=1S/C23H15ClN4OS/c24-17-12-10-15(11-13-17)20(29)14-30-23-25-19-9-5-4-8-18(19)22-26-21(27-28(22)23)16-6-2-1-3-7-16/h1-13H,14H2. The minimum absolute atomic E-state index is 0.00294. The van der Waals surface area contributed by atoms with Crippen LogP contribution in [0, 0.1) is 0 Å². The van der Waals surface area contributed by atoms with Crippen molar-refractivity contribution in [2.24, 2.45) is 0 Å². The number of rotatable bonds is 5. The number of ketones is 1. The molecule has 30 heavy (non-hydrogen) atoms. The van der Waals surface area contributed by atoms with E-state index in [0.717, 1.165) is 22.1 Å². The summed E-state index contributed by atoms with van der Waals surface area (Å²) in [5, 5.41) is 6.84.